The van der Waals surface area contributed by atoms with Gasteiger partial charge in [-0.3, -0.25) is 4.79 Å². The number of nitrogens with one attached hydrogen (secondary N) is 1. The predicted octanol–water partition coefficient (Wildman–Crippen LogP) is 2.90. The van der Waals surface area contributed by atoms with Crippen molar-refractivity contribution < 1.29 is 18.8 Å². The Bertz CT molecular complexity index is 1180. The Balaban J connectivity index is 1.53. The minimum Gasteiger partial charge on any atom is -0.497 e. The highest BCUT2D eigenvalue weighted by Crippen LogP contribution is 2.29. The number of amides is 1. The third-order valence-corrected chi connectivity index (χ3v) is 4.30. The number of aromatic nitrogens is 5. The van der Waals surface area contributed by atoms with Crippen molar-refractivity contribution in [2.45, 2.75) is 6.92 Å². The molecule has 0 unspecified atom stereocenters. The lowest BCUT2D eigenvalue weighted by atomic mass is 10.2. The Kier molecular flexibility index (Phi) is 5.12. The van der Waals surface area contributed by atoms with E-state index in [4.69, 9.17) is 14.0 Å². The van der Waals surface area contributed by atoms with Crippen LogP contribution in [0.2, 0.25) is 0 Å². The van der Waals surface area contributed by atoms with Crippen LogP contribution in [0.3, 0.4) is 0 Å². The first kappa shape index (κ1) is 19.1. The molecule has 4 aromatic rings. The number of methoxy groups -OCH3 is 2. The summed E-state index contributed by atoms with van der Waals surface area (Å²) in [4.78, 5) is 16.7. The first-order chi connectivity index (χ1) is 14.6. The van der Waals surface area contributed by atoms with Crippen molar-refractivity contribution >= 4 is 11.6 Å². The summed E-state index contributed by atoms with van der Waals surface area (Å²) in [5.74, 6) is 0.358. The normalized spacial score (nSPS) is 10.6. The molecule has 152 valence electrons. The van der Waals surface area contributed by atoms with Gasteiger partial charge in [0.05, 0.1) is 31.8 Å². The molecule has 0 saturated heterocycles. The topological polar surface area (TPSA) is 117 Å². The molecule has 1 N–H and O–H groups in total. The zero-order chi connectivity index (χ0) is 21.1. The molecule has 0 atom stereocenters. The highest BCUT2D eigenvalue weighted by Gasteiger charge is 2.20. The summed E-state index contributed by atoms with van der Waals surface area (Å²) in [6, 6.07) is 12.8. The number of carbonyl (C=O) groups excluding carboxylic acids is 1. The molecular formula is C20H18N6O4. The summed E-state index contributed by atoms with van der Waals surface area (Å²) in [6.45, 7) is 2.00. The molecule has 0 bridgehead atoms. The number of ether oxygens (including phenoxy) is 2. The molecule has 0 spiro atoms. The molecular weight excluding hydrogens is 388 g/mol. The lowest BCUT2D eigenvalue weighted by Gasteiger charge is -2.10. The maximum absolute atomic E-state index is 12.5. The maximum Gasteiger partial charge on any atom is 0.316 e. The van der Waals surface area contributed by atoms with E-state index in [1.165, 1.54) is 14.2 Å². The lowest BCUT2D eigenvalue weighted by Crippen LogP contribution is -2.13. The van der Waals surface area contributed by atoms with Gasteiger partial charge in [0.1, 0.15) is 11.5 Å². The Morgan fingerprint density at radius 1 is 1.10 bits per heavy atom. The quantitative estimate of drug-likeness (QED) is 0.519. The van der Waals surface area contributed by atoms with Gasteiger partial charge in [-0.1, -0.05) is 28.1 Å². The van der Waals surface area contributed by atoms with Crippen LogP contribution in [0.25, 0.3) is 17.2 Å². The smallest absolute Gasteiger partial charge is 0.316 e. The highest BCUT2D eigenvalue weighted by molar-refractivity contribution is 6.02. The molecule has 0 fully saturated rings. The molecule has 30 heavy (non-hydrogen) atoms. The van der Waals surface area contributed by atoms with Crippen LogP contribution in [0.5, 0.6) is 11.5 Å². The second kappa shape index (κ2) is 8.03. The molecule has 0 radical (unpaired) electrons. The number of hydrogen-bond donors (Lipinski definition) is 1. The van der Waals surface area contributed by atoms with E-state index in [2.05, 4.69) is 25.8 Å². The third-order valence-electron chi connectivity index (χ3n) is 4.30. The van der Waals surface area contributed by atoms with Crippen LogP contribution in [-0.2, 0) is 0 Å². The summed E-state index contributed by atoms with van der Waals surface area (Å²) >= 11 is 0. The van der Waals surface area contributed by atoms with E-state index in [0.717, 1.165) is 11.3 Å². The second-order valence-electron chi connectivity index (χ2n) is 6.33. The number of aryl methyl sites for hydroxylation is 1. The van der Waals surface area contributed by atoms with E-state index >= 15 is 0 Å². The van der Waals surface area contributed by atoms with Gasteiger partial charge in [0.2, 0.25) is 5.82 Å². The zero-order valence-corrected chi connectivity index (χ0v) is 16.5. The zero-order valence-electron chi connectivity index (χ0n) is 16.5. The Morgan fingerprint density at radius 2 is 1.90 bits per heavy atom. The Labute approximate surface area is 171 Å². The molecule has 2 heterocycles. The standard InChI is InChI=1S/C20H18N6O4/c1-12-4-6-13(7-5-12)26-11-16(23-25-26)18-22-20(30-24-18)19(27)21-15-10-14(28-2)8-9-17(15)29-3/h4-11H,1-3H3,(H,21,27). The highest BCUT2D eigenvalue weighted by atomic mass is 16.5. The van der Waals surface area contributed by atoms with Crippen LogP contribution >= 0.6 is 0 Å². The van der Waals surface area contributed by atoms with Gasteiger partial charge >= 0.3 is 11.8 Å². The van der Waals surface area contributed by atoms with Gasteiger partial charge in [-0.05, 0) is 31.2 Å². The van der Waals surface area contributed by atoms with E-state index in [1.54, 1.807) is 29.1 Å². The van der Waals surface area contributed by atoms with Crippen molar-refractivity contribution in [3.63, 3.8) is 0 Å². The minimum absolute atomic E-state index is 0.149. The van der Waals surface area contributed by atoms with Gasteiger partial charge in [0, 0.05) is 6.07 Å². The van der Waals surface area contributed by atoms with E-state index in [0.29, 0.717) is 22.9 Å². The van der Waals surface area contributed by atoms with Crippen LogP contribution in [0, 0.1) is 6.92 Å². The number of benzene rings is 2. The fourth-order valence-corrected chi connectivity index (χ4v) is 2.70. The van der Waals surface area contributed by atoms with Crippen LogP contribution in [0.1, 0.15) is 16.2 Å². The third kappa shape index (κ3) is 3.83. The van der Waals surface area contributed by atoms with E-state index in [9.17, 15) is 4.79 Å². The molecule has 0 saturated carbocycles. The molecule has 1 amide bonds. The van der Waals surface area contributed by atoms with Gasteiger partial charge in [0.25, 0.3) is 0 Å². The van der Waals surface area contributed by atoms with Gasteiger partial charge < -0.3 is 19.3 Å². The van der Waals surface area contributed by atoms with E-state index in [1.807, 2.05) is 31.2 Å². The summed E-state index contributed by atoms with van der Waals surface area (Å²) in [6.07, 6.45) is 1.66. The van der Waals surface area contributed by atoms with Crippen molar-refractivity contribution in [2.24, 2.45) is 0 Å². The Hall–Kier alpha value is -4.21. The number of hydrogen-bond acceptors (Lipinski definition) is 8. The van der Waals surface area contributed by atoms with Gasteiger partial charge in [-0.15, -0.1) is 5.10 Å². The van der Waals surface area contributed by atoms with Crippen LogP contribution < -0.4 is 14.8 Å². The summed E-state index contributed by atoms with van der Waals surface area (Å²) in [5.41, 5.74) is 2.76. The summed E-state index contributed by atoms with van der Waals surface area (Å²) in [5, 5.41) is 14.6. The average molecular weight is 406 g/mol. The van der Waals surface area contributed by atoms with Crippen molar-refractivity contribution in [3.05, 3.63) is 60.1 Å². The molecule has 10 heteroatoms. The van der Waals surface area contributed by atoms with Crippen molar-refractivity contribution in [1.29, 1.82) is 0 Å². The van der Waals surface area contributed by atoms with Crippen molar-refractivity contribution in [2.75, 3.05) is 19.5 Å². The maximum atomic E-state index is 12.5. The fraction of sp³-hybridized carbons (Fsp3) is 0.150. The summed E-state index contributed by atoms with van der Waals surface area (Å²) < 4.78 is 17.1. The number of carbonyl (C=O) groups is 1. The molecule has 10 nitrogen and oxygen atoms in total. The molecule has 2 aromatic carbocycles. The van der Waals surface area contributed by atoms with Gasteiger partial charge in [0.15, 0.2) is 5.69 Å². The summed E-state index contributed by atoms with van der Waals surface area (Å²) in [7, 11) is 3.03. The first-order valence-corrected chi connectivity index (χ1v) is 8.94. The van der Waals surface area contributed by atoms with Gasteiger partial charge in [-0.2, -0.15) is 4.98 Å². The van der Waals surface area contributed by atoms with Crippen LogP contribution in [-0.4, -0.2) is 45.3 Å². The fourth-order valence-electron chi connectivity index (χ4n) is 2.70. The number of nitrogens with zero attached hydrogens (tertiary/aromatic N) is 5. The molecule has 4 rings (SSSR count). The average Bonchev–Trinajstić information content (AvgIpc) is 3.44. The molecule has 0 aliphatic carbocycles. The SMILES string of the molecule is COc1ccc(OC)c(NC(=O)c2nc(-c3cn(-c4ccc(C)cc4)nn3)no2)c1. The van der Waals surface area contributed by atoms with Gasteiger partial charge in [-0.25, -0.2) is 4.68 Å². The van der Waals surface area contributed by atoms with Crippen LogP contribution in [0.4, 0.5) is 5.69 Å². The largest absolute Gasteiger partial charge is 0.497 e. The molecule has 0 aliphatic heterocycles. The monoisotopic (exact) mass is 406 g/mol. The number of rotatable bonds is 6. The first-order valence-electron chi connectivity index (χ1n) is 8.94. The molecule has 0 aliphatic rings. The second-order valence-corrected chi connectivity index (χ2v) is 6.33. The molecule has 2 aromatic heterocycles. The number of anilines is 1. The minimum atomic E-state index is -0.591. The van der Waals surface area contributed by atoms with E-state index < -0.39 is 5.91 Å². The van der Waals surface area contributed by atoms with E-state index in [-0.39, 0.29) is 11.7 Å². The lowest BCUT2D eigenvalue weighted by molar-refractivity contribution is 0.0981. The van der Waals surface area contributed by atoms with Crippen LogP contribution in [0.15, 0.2) is 53.2 Å². The Morgan fingerprint density at radius 3 is 2.63 bits per heavy atom. The van der Waals surface area contributed by atoms with Crippen molar-refractivity contribution in [1.82, 2.24) is 25.1 Å². The van der Waals surface area contributed by atoms with Crippen molar-refractivity contribution in [3.8, 4) is 28.7 Å². The predicted molar refractivity (Wildman–Crippen MR) is 107 cm³/mol.